The highest BCUT2D eigenvalue weighted by Gasteiger charge is 2.58. The third kappa shape index (κ3) is 4.85. The second kappa shape index (κ2) is 10.1. The van der Waals surface area contributed by atoms with E-state index >= 15 is 0 Å². The van der Waals surface area contributed by atoms with Crippen molar-refractivity contribution in [1.29, 1.82) is 0 Å². The van der Waals surface area contributed by atoms with Gasteiger partial charge in [-0.25, -0.2) is 4.98 Å². The van der Waals surface area contributed by atoms with Gasteiger partial charge >= 0.3 is 0 Å². The van der Waals surface area contributed by atoms with Crippen molar-refractivity contribution in [3.63, 3.8) is 0 Å². The van der Waals surface area contributed by atoms with E-state index in [1.54, 1.807) is 6.20 Å². The van der Waals surface area contributed by atoms with E-state index in [0.717, 1.165) is 68.6 Å². The Morgan fingerprint density at radius 2 is 2.16 bits per heavy atom. The summed E-state index contributed by atoms with van der Waals surface area (Å²) in [5.41, 5.74) is 2.61. The molecule has 2 aromatic rings. The monoisotopic (exact) mass is 522 g/mol. The van der Waals surface area contributed by atoms with E-state index in [1.165, 1.54) is 22.5 Å². The van der Waals surface area contributed by atoms with E-state index in [-0.39, 0.29) is 23.5 Å². The van der Waals surface area contributed by atoms with E-state index in [4.69, 9.17) is 9.47 Å². The number of nitrogens with one attached hydrogen (secondary N) is 1. The number of fused-ring (bicyclic) bond motifs is 5. The van der Waals surface area contributed by atoms with Crippen molar-refractivity contribution < 1.29 is 19.1 Å². The minimum Gasteiger partial charge on any atom is -0.465 e. The number of aryl methyl sites for hydroxylation is 2. The van der Waals surface area contributed by atoms with Crippen LogP contribution < -0.4 is 10.1 Å². The molecule has 4 unspecified atom stereocenters. The standard InChI is InChI=1S/C30H38N2O4S/c1-18-17-31-29(37-18)32-26(34)11-7-20-16-25(33)30(2)13-12-23-22-10-8-21(36-27-5-3-4-14-35-27)15-19(22)6-9-24(23)28(20)30/h8,10,15,17,20,23-24,27-28H,3-7,9,11-14,16H2,1-2H3,(H,31,32,34)/t20-,23?,24?,27?,28?,30-/m1/s1. The summed E-state index contributed by atoms with van der Waals surface area (Å²) in [6, 6.07) is 6.64. The van der Waals surface area contributed by atoms with Gasteiger partial charge in [-0.2, -0.15) is 0 Å². The number of hydrogen-bond acceptors (Lipinski definition) is 6. The smallest absolute Gasteiger partial charge is 0.226 e. The molecule has 3 fully saturated rings. The normalized spacial score (nSPS) is 32.8. The van der Waals surface area contributed by atoms with Crippen LogP contribution in [0, 0.1) is 30.1 Å². The summed E-state index contributed by atoms with van der Waals surface area (Å²) in [5, 5.41) is 3.61. The Morgan fingerprint density at radius 1 is 1.27 bits per heavy atom. The van der Waals surface area contributed by atoms with Gasteiger partial charge in [-0.3, -0.25) is 9.59 Å². The molecule has 1 aliphatic heterocycles. The van der Waals surface area contributed by atoms with Crippen LogP contribution in [0.25, 0.3) is 0 Å². The summed E-state index contributed by atoms with van der Waals surface area (Å²) in [5.74, 6) is 2.96. The lowest BCUT2D eigenvalue weighted by atomic mass is 9.54. The summed E-state index contributed by atoms with van der Waals surface area (Å²) in [4.78, 5) is 31.3. The molecule has 3 aliphatic carbocycles. The van der Waals surface area contributed by atoms with Gasteiger partial charge in [0.1, 0.15) is 11.5 Å². The van der Waals surface area contributed by atoms with E-state index < -0.39 is 0 Å². The fraction of sp³-hybridized carbons (Fsp3) is 0.633. The van der Waals surface area contributed by atoms with Crippen molar-refractivity contribution in [2.24, 2.45) is 23.2 Å². The number of aromatic nitrogens is 1. The molecule has 1 N–H and O–H groups in total. The summed E-state index contributed by atoms with van der Waals surface area (Å²) in [6.07, 6.45) is 10.9. The van der Waals surface area contributed by atoms with Crippen molar-refractivity contribution in [3.8, 4) is 5.75 Å². The first-order valence-electron chi connectivity index (χ1n) is 14.1. The first-order valence-corrected chi connectivity index (χ1v) is 14.9. The zero-order valence-corrected chi connectivity index (χ0v) is 22.8. The first-order chi connectivity index (χ1) is 17.9. The summed E-state index contributed by atoms with van der Waals surface area (Å²) < 4.78 is 11.9. The predicted octanol–water partition coefficient (Wildman–Crippen LogP) is 6.43. The van der Waals surface area contributed by atoms with Gasteiger partial charge in [0.05, 0.1) is 6.61 Å². The molecular formula is C30H38N2O4S. The maximum atomic E-state index is 13.3. The molecule has 1 aromatic heterocycles. The highest BCUT2D eigenvalue weighted by Crippen LogP contribution is 2.62. The van der Waals surface area contributed by atoms with E-state index in [9.17, 15) is 9.59 Å². The number of nitrogens with zero attached hydrogens (tertiary/aromatic N) is 1. The minimum absolute atomic E-state index is 0.00576. The van der Waals surface area contributed by atoms with Gasteiger partial charge in [-0.1, -0.05) is 13.0 Å². The van der Waals surface area contributed by atoms with Gasteiger partial charge in [0.15, 0.2) is 11.4 Å². The number of ketones is 1. The van der Waals surface area contributed by atoms with Gasteiger partial charge in [-0.15, -0.1) is 11.3 Å². The average Bonchev–Trinajstić information content (AvgIpc) is 3.42. The molecule has 7 heteroatoms. The number of thiazole rings is 1. The molecule has 0 spiro atoms. The Hall–Kier alpha value is -2.25. The number of amides is 1. The molecule has 198 valence electrons. The van der Waals surface area contributed by atoms with E-state index in [1.807, 2.05) is 6.92 Å². The number of anilines is 1. The first kappa shape index (κ1) is 25.1. The number of carbonyl (C=O) groups excluding carboxylic acids is 2. The highest BCUT2D eigenvalue weighted by atomic mass is 32.1. The highest BCUT2D eigenvalue weighted by molar-refractivity contribution is 7.15. The van der Waals surface area contributed by atoms with Crippen LogP contribution in [0.5, 0.6) is 5.75 Å². The molecule has 2 heterocycles. The molecule has 6 nitrogen and oxygen atoms in total. The van der Waals surface area contributed by atoms with Crippen LogP contribution in [0.1, 0.15) is 86.6 Å². The van der Waals surface area contributed by atoms with Crippen molar-refractivity contribution in [2.45, 2.75) is 90.3 Å². The van der Waals surface area contributed by atoms with E-state index in [2.05, 4.69) is 35.4 Å². The molecule has 6 rings (SSSR count). The molecule has 2 saturated carbocycles. The summed E-state index contributed by atoms with van der Waals surface area (Å²) >= 11 is 1.50. The molecule has 1 saturated heterocycles. The zero-order valence-electron chi connectivity index (χ0n) is 22.0. The maximum Gasteiger partial charge on any atom is 0.226 e. The molecule has 6 atom stereocenters. The molecule has 0 bridgehead atoms. The van der Waals surface area contributed by atoms with Gasteiger partial charge in [0.25, 0.3) is 0 Å². The lowest BCUT2D eigenvalue weighted by molar-refractivity contribution is -0.129. The van der Waals surface area contributed by atoms with Crippen LogP contribution in [0.3, 0.4) is 0 Å². The van der Waals surface area contributed by atoms with Crippen molar-refractivity contribution in [2.75, 3.05) is 11.9 Å². The second-order valence-electron chi connectivity index (χ2n) is 11.8. The SMILES string of the molecule is Cc1cnc(NC(=O)CC[C@@H]2CC(=O)[C@@]3(C)CCC4c5ccc(OC6CCCCO6)cc5CCC4C23)s1. The Labute approximate surface area is 223 Å². The van der Waals surface area contributed by atoms with Crippen molar-refractivity contribution in [1.82, 2.24) is 4.98 Å². The summed E-state index contributed by atoms with van der Waals surface area (Å²) in [7, 11) is 0. The number of ether oxygens (including phenoxy) is 2. The molecule has 4 aliphatic rings. The fourth-order valence-electron chi connectivity index (χ4n) is 7.82. The molecule has 1 aromatic carbocycles. The molecule has 37 heavy (non-hydrogen) atoms. The van der Waals surface area contributed by atoms with E-state index in [0.29, 0.717) is 41.5 Å². The lowest BCUT2D eigenvalue weighted by Crippen LogP contribution is -2.44. The summed E-state index contributed by atoms with van der Waals surface area (Å²) in [6.45, 7) is 4.98. The Bertz CT molecular complexity index is 1170. The largest absolute Gasteiger partial charge is 0.465 e. The Kier molecular flexibility index (Phi) is 6.87. The van der Waals surface area contributed by atoms with Gasteiger partial charge in [-0.05, 0) is 98.8 Å². The van der Waals surface area contributed by atoms with Crippen LogP contribution in [0.4, 0.5) is 5.13 Å². The van der Waals surface area contributed by atoms with Crippen molar-refractivity contribution in [3.05, 3.63) is 40.4 Å². The van der Waals surface area contributed by atoms with Gasteiger partial charge in [0.2, 0.25) is 5.91 Å². The lowest BCUT2D eigenvalue weighted by Gasteiger charge is -2.50. The fourth-order valence-corrected chi connectivity index (χ4v) is 8.50. The number of hydrogen-bond donors (Lipinski definition) is 1. The van der Waals surface area contributed by atoms with Crippen LogP contribution in [0.2, 0.25) is 0 Å². The van der Waals surface area contributed by atoms with Crippen molar-refractivity contribution >= 4 is 28.2 Å². The number of rotatable bonds is 6. The van der Waals surface area contributed by atoms with Crippen LogP contribution in [0.15, 0.2) is 24.4 Å². The Morgan fingerprint density at radius 3 is 2.95 bits per heavy atom. The minimum atomic E-state index is -0.242. The van der Waals surface area contributed by atoms with Crippen LogP contribution >= 0.6 is 11.3 Å². The molecule has 0 radical (unpaired) electrons. The Balaban J connectivity index is 1.16. The third-order valence-corrected chi connectivity index (χ3v) is 10.4. The topological polar surface area (TPSA) is 77.5 Å². The van der Waals surface area contributed by atoms with Gasteiger partial charge < -0.3 is 14.8 Å². The molecular weight excluding hydrogens is 484 g/mol. The average molecular weight is 523 g/mol. The predicted molar refractivity (Wildman–Crippen MR) is 144 cm³/mol. The number of carbonyl (C=O) groups is 2. The quantitative estimate of drug-likeness (QED) is 0.473. The number of benzene rings is 1. The number of Topliss-reactive ketones (excluding diaryl/α,β-unsaturated/α-hetero) is 1. The molecule has 1 amide bonds. The third-order valence-electron chi connectivity index (χ3n) is 9.56. The van der Waals surface area contributed by atoms with Gasteiger partial charge in [0, 0.05) is 35.8 Å². The van der Waals surface area contributed by atoms with Crippen LogP contribution in [-0.4, -0.2) is 29.6 Å². The maximum absolute atomic E-state index is 13.3. The van der Waals surface area contributed by atoms with Crippen LogP contribution in [-0.2, 0) is 20.7 Å². The zero-order chi connectivity index (χ0) is 25.6. The second-order valence-corrected chi connectivity index (χ2v) is 13.1.